The van der Waals surface area contributed by atoms with Crippen molar-refractivity contribution < 1.29 is 4.79 Å². The largest absolute Gasteiger partial charge is 0.326 e. The number of hydrogen-bond donors (Lipinski definition) is 2. The fourth-order valence-electron chi connectivity index (χ4n) is 1.38. The van der Waals surface area contributed by atoms with Gasteiger partial charge in [-0.15, -0.1) is 11.8 Å². The van der Waals surface area contributed by atoms with Crippen molar-refractivity contribution in [3.63, 3.8) is 0 Å². The van der Waals surface area contributed by atoms with E-state index in [2.05, 4.69) is 24.1 Å². The van der Waals surface area contributed by atoms with E-state index >= 15 is 0 Å². The van der Waals surface area contributed by atoms with Crippen molar-refractivity contribution in [1.82, 2.24) is 5.32 Å². The van der Waals surface area contributed by atoms with E-state index in [-0.39, 0.29) is 5.91 Å². The highest BCUT2D eigenvalue weighted by molar-refractivity contribution is 7.99. The number of likely N-dealkylation sites (N-methyl/N-ethyl adjacent to an activating group) is 1. The minimum absolute atomic E-state index is 0.0468. The molecule has 0 heterocycles. The van der Waals surface area contributed by atoms with Gasteiger partial charge in [0.15, 0.2) is 0 Å². The van der Waals surface area contributed by atoms with E-state index in [1.165, 1.54) is 17.4 Å². The number of anilines is 1. The molecule has 98 valence electrons. The SMILES string of the molecule is C=C(CNCC)CSc1ccc(NC(C)=O)cc1. The van der Waals surface area contributed by atoms with E-state index in [1.807, 2.05) is 24.3 Å². The zero-order valence-corrected chi connectivity index (χ0v) is 11.8. The molecule has 0 saturated heterocycles. The van der Waals surface area contributed by atoms with Crippen LogP contribution in [0.15, 0.2) is 41.3 Å². The van der Waals surface area contributed by atoms with Crippen LogP contribution in [-0.2, 0) is 4.79 Å². The maximum atomic E-state index is 10.9. The van der Waals surface area contributed by atoms with Gasteiger partial charge in [0.1, 0.15) is 0 Å². The smallest absolute Gasteiger partial charge is 0.221 e. The number of carbonyl (C=O) groups is 1. The zero-order chi connectivity index (χ0) is 13.4. The Balaban J connectivity index is 2.39. The second-order valence-electron chi connectivity index (χ2n) is 4.02. The number of thioether (sulfide) groups is 1. The van der Waals surface area contributed by atoms with Gasteiger partial charge in [-0.2, -0.15) is 0 Å². The second-order valence-corrected chi connectivity index (χ2v) is 5.07. The summed E-state index contributed by atoms with van der Waals surface area (Å²) >= 11 is 1.75. The van der Waals surface area contributed by atoms with Crippen molar-refractivity contribution >= 4 is 23.4 Å². The van der Waals surface area contributed by atoms with E-state index in [9.17, 15) is 4.79 Å². The minimum Gasteiger partial charge on any atom is -0.326 e. The summed E-state index contributed by atoms with van der Waals surface area (Å²) < 4.78 is 0. The van der Waals surface area contributed by atoms with Crippen LogP contribution >= 0.6 is 11.8 Å². The standard InChI is InChI=1S/C14H20N2OS/c1-4-15-9-11(2)10-18-14-7-5-13(6-8-14)16-12(3)17/h5-8,15H,2,4,9-10H2,1,3H3,(H,16,17). The Morgan fingerprint density at radius 3 is 2.56 bits per heavy atom. The molecular weight excluding hydrogens is 244 g/mol. The molecule has 0 atom stereocenters. The van der Waals surface area contributed by atoms with Crippen LogP contribution in [0.4, 0.5) is 5.69 Å². The Hall–Kier alpha value is -1.26. The molecule has 0 aliphatic heterocycles. The first kappa shape index (κ1) is 14.8. The van der Waals surface area contributed by atoms with Gasteiger partial charge in [0.25, 0.3) is 0 Å². The highest BCUT2D eigenvalue weighted by atomic mass is 32.2. The number of carbonyl (C=O) groups excluding carboxylic acids is 1. The van der Waals surface area contributed by atoms with E-state index in [0.29, 0.717) is 0 Å². The van der Waals surface area contributed by atoms with Gasteiger partial charge < -0.3 is 10.6 Å². The summed E-state index contributed by atoms with van der Waals surface area (Å²) in [6, 6.07) is 7.85. The van der Waals surface area contributed by atoms with E-state index < -0.39 is 0 Å². The molecule has 0 aliphatic rings. The molecule has 18 heavy (non-hydrogen) atoms. The average Bonchev–Trinajstić information content (AvgIpc) is 2.35. The first-order chi connectivity index (χ1) is 8.61. The van der Waals surface area contributed by atoms with Crippen molar-refractivity contribution in [2.45, 2.75) is 18.7 Å². The summed E-state index contributed by atoms with van der Waals surface area (Å²) in [5.41, 5.74) is 2.02. The molecule has 0 spiro atoms. The van der Waals surface area contributed by atoms with Crippen molar-refractivity contribution in [1.29, 1.82) is 0 Å². The Morgan fingerprint density at radius 1 is 1.33 bits per heavy atom. The molecule has 1 rings (SSSR count). The number of rotatable bonds is 7. The first-order valence-electron chi connectivity index (χ1n) is 5.99. The van der Waals surface area contributed by atoms with Gasteiger partial charge >= 0.3 is 0 Å². The van der Waals surface area contributed by atoms with E-state index in [0.717, 1.165) is 24.5 Å². The molecule has 1 amide bonds. The molecule has 0 aromatic heterocycles. The molecule has 0 radical (unpaired) electrons. The molecule has 1 aromatic carbocycles. The topological polar surface area (TPSA) is 41.1 Å². The van der Waals surface area contributed by atoms with Crippen molar-refractivity contribution in [3.8, 4) is 0 Å². The fourth-order valence-corrected chi connectivity index (χ4v) is 2.18. The highest BCUT2D eigenvalue weighted by Gasteiger charge is 1.99. The lowest BCUT2D eigenvalue weighted by Gasteiger charge is -2.07. The third kappa shape index (κ3) is 5.89. The van der Waals surface area contributed by atoms with Crippen molar-refractivity contribution in [3.05, 3.63) is 36.4 Å². The van der Waals surface area contributed by atoms with Crippen LogP contribution in [0.2, 0.25) is 0 Å². The Morgan fingerprint density at radius 2 is 2.00 bits per heavy atom. The molecule has 1 aromatic rings. The predicted molar refractivity (Wildman–Crippen MR) is 79.2 cm³/mol. The Labute approximate surface area is 113 Å². The normalized spacial score (nSPS) is 10.1. The van der Waals surface area contributed by atoms with Crippen LogP contribution < -0.4 is 10.6 Å². The number of hydrogen-bond acceptors (Lipinski definition) is 3. The van der Waals surface area contributed by atoms with Crippen LogP contribution in [-0.4, -0.2) is 24.7 Å². The Kier molecular flexibility index (Phi) is 6.54. The van der Waals surface area contributed by atoms with Crippen LogP contribution in [0.3, 0.4) is 0 Å². The lowest BCUT2D eigenvalue weighted by atomic mass is 10.3. The summed E-state index contributed by atoms with van der Waals surface area (Å²) in [7, 11) is 0. The van der Waals surface area contributed by atoms with Crippen molar-refractivity contribution in [2.75, 3.05) is 24.2 Å². The monoisotopic (exact) mass is 264 g/mol. The average molecular weight is 264 g/mol. The van der Waals surface area contributed by atoms with Crippen LogP contribution in [0.5, 0.6) is 0 Å². The highest BCUT2D eigenvalue weighted by Crippen LogP contribution is 2.21. The van der Waals surface area contributed by atoms with Gasteiger partial charge in [-0.05, 0) is 30.8 Å². The van der Waals surface area contributed by atoms with Gasteiger partial charge in [0.05, 0.1) is 0 Å². The maximum absolute atomic E-state index is 10.9. The van der Waals surface area contributed by atoms with Crippen molar-refractivity contribution in [2.24, 2.45) is 0 Å². The lowest BCUT2D eigenvalue weighted by molar-refractivity contribution is -0.114. The molecule has 0 fully saturated rings. The molecule has 4 heteroatoms. The summed E-state index contributed by atoms with van der Waals surface area (Å²) in [5, 5.41) is 6.00. The van der Waals surface area contributed by atoms with Gasteiger partial charge in [-0.25, -0.2) is 0 Å². The fraction of sp³-hybridized carbons (Fsp3) is 0.357. The molecule has 3 nitrogen and oxygen atoms in total. The van der Waals surface area contributed by atoms with Crippen LogP contribution in [0.1, 0.15) is 13.8 Å². The number of benzene rings is 1. The number of amides is 1. The zero-order valence-electron chi connectivity index (χ0n) is 11.0. The van der Waals surface area contributed by atoms with Gasteiger partial charge in [-0.3, -0.25) is 4.79 Å². The van der Waals surface area contributed by atoms with Crippen LogP contribution in [0, 0.1) is 0 Å². The number of nitrogens with one attached hydrogen (secondary N) is 2. The van der Waals surface area contributed by atoms with Gasteiger partial charge in [-0.1, -0.05) is 19.1 Å². The quantitative estimate of drug-likeness (QED) is 0.588. The Bertz CT molecular complexity index is 401. The lowest BCUT2D eigenvalue weighted by Crippen LogP contribution is -2.16. The molecule has 0 aliphatic carbocycles. The summed E-state index contributed by atoms with van der Waals surface area (Å²) in [6.07, 6.45) is 0. The van der Waals surface area contributed by atoms with E-state index in [4.69, 9.17) is 0 Å². The second kappa shape index (κ2) is 7.95. The van der Waals surface area contributed by atoms with Gasteiger partial charge in [0, 0.05) is 29.8 Å². The predicted octanol–water partition coefficient (Wildman–Crippen LogP) is 2.90. The summed E-state index contributed by atoms with van der Waals surface area (Å²) in [6.45, 7) is 9.45. The molecule has 2 N–H and O–H groups in total. The maximum Gasteiger partial charge on any atom is 0.221 e. The minimum atomic E-state index is -0.0468. The summed E-state index contributed by atoms with van der Waals surface area (Å²) in [4.78, 5) is 12.1. The van der Waals surface area contributed by atoms with Crippen LogP contribution in [0.25, 0.3) is 0 Å². The molecule has 0 bridgehead atoms. The summed E-state index contributed by atoms with van der Waals surface area (Å²) in [5.74, 6) is 0.862. The third-order valence-corrected chi connectivity index (χ3v) is 3.40. The molecular formula is C14H20N2OS. The first-order valence-corrected chi connectivity index (χ1v) is 6.98. The molecule has 0 saturated carbocycles. The van der Waals surface area contributed by atoms with Gasteiger partial charge in [0.2, 0.25) is 5.91 Å². The third-order valence-electron chi connectivity index (χ3n) is 2.24. The molecule has 0 unspecified atom stereocenters. The van der Waals surface area contributed by atoms with E-state index in [1.54, 1.807) is 11.8 Å².